The summed E-state index contributed by atoms with van der Waals surface area (Å²) in [5.74, 6) is -1.18. The number of methoxy groups -OCH3 is 1. The number of hydrogen-bond donors (Lipinski definition) is 1. The highest BCUT2D eigenvalue weighted by molar-refractivity contribution is 5.81. The summed E-state index contributed by atoms with van der Waals surface area (Å²) in [6.07, 6.45) is 6.09. The smallest absolute Gasteiger partial charge is 0.330 e. The Morgan fingerprint density at radius 2 is 1.26 bits per heavy atom. The summed E-state index contributed by atoms with van der Waals surface area (Å²) in [6.45, 7) is 11.9. The van der Waals surface area contributed by atoms with Crippen molar-refractivity contribution in [3.8, 4) is 0 Å². The molecule has 4 heteroatoms. The summed E-state index contributed by atoms with van der Waals surface area (Å²) < 4.78 is 4.42. The normalized spacial score (nSPS) is 12.2. The van der Waals surface area contributed by atoms with Crippen LogP contribution in [0.5, 0.6) is 0 Å². The first-order valence-corrected chi connectivity index (χ1v) is 6.07. The lowest BCUT2D eigenvalue weighted by Crippen LogP contribution is -2.02. The maximum atomic E-state index is 10.5. The van der Waals surface area contributed by atoms with Gasteiger partial charge in [-0.1, -0.05) is 53.7 Å². The van der Waals surface area contributed by atoms with E-state index in [0.29, 0.717) is 0 Å². The van der Waals surface area contributed by atoms with E-state index in [9.17, 15) is 9.59 Å². The number of carbonyl (C=O) groups is 2. The van der Waals surface area contributed by atoms with Crippen molar-refractivity contribution >= 4 is 11.9 Å². The Morgan fingerprint density at radius 3 is 1.47 bits per heavy atom. The van der Waals surface area contributed by atoms with Crippen LogP contribution >= 0.6 is 0 Å². The van der Waals surface area contributed by atoms with Gasteiger partial charge in [-0.3, -0.25) is 0 Å². The standard InChI is InChI=1S/C8H14O2.C7H12O2/c1-8(2,3)6-5-7(9)10-4;1-7(2,3)5-4-6(8)9/h5-6H,1-4H3;4-5H,1-3H3,(H,8,9)/b6-5+;5-4+. The van der Waals surface area contributed by atoms with Crippen LogP contribution in [-0.2, 0) is 14.3 Å². The highest BCUT2D eigenvalue weighted by Crippen LogP contribution is 2.14. The molecule has 1 N–H and O–H groups in total. The van der Waals surface area contributed by atoms with Crippen LogP contribution in [0.25, 0.3) is 0 Å². The number of carbonyl (C=O) groups excluding carboxylic acids is 1. The SMILES string of the molecule is CC(C)(C)/C=C/C(=O)O.COC(=O)/C=C/C(C)(C)C. The van der Waals surface area contributed by atoms with E-state index in [2.05, 4.69) is 4.74 Å². The van der Waals surface area contributed by atoms with Crippen molar-refractivity contribution in [2.75, 3.05) is 7.11 Å². The van der Waals surface area contributed by atoms with Crippen LogP contribution in [-0.4, -0.2) is 24.2 Å². The average Bonchev–Trinajstić information content (AvgIpc) is 2.22. The van der Waals surface area contributed by atoms with Crippen LogP contribution in [0, 0.1) is 10.8 Å². The Bertz CT molecular complexity index is 338. The molecule has 0 saturated heterocycles. The molecule has 0 rings (SSSR count). The number of esters is 1. The van der Waals surface area contributed by atoms with Crippen LogP contribution in [0.15, 0.2) is 24.3 Å². The van der Waals surface area contributed by atoms with Gasteiger partial charge in [0.25, 0.3) is 0 Å². The second-order valence-electron chi connectivity index (χ2n) is 6.26. The van der Waals surface area contributed by atoms with Gasteiger partial charge in [0.2, 0.25) is 0 Å². The molecule has 4 nitrogen and oxygen atoms in total. The molecule has 0 aromatic carbocycles. The minimum atomic E-state index is -0.884. The van der Waals surface area contributed by atoms with Gasteiger partial charge in [0.05, 0.1) is 7.11 Å². The summed E-state index contributed by atoms with van der Waals surface area (Å²) in [5, 5.41) is 8.19. The fourth-order valence-electron chi connectivity index (χ4n) is 0.707. The number of carboxylic acids is 1. The third kappa shape index (κ3) is 22.1. The largest absolute Gasteiger partial charge is 0.478 e. The van der Waals surface area contributed by atoms with Crippen molar-refractivity contribution in [1.29, 1.82) is 0 Å². The summed E-state index contributed by atoms with van der Waals surface area (Å²) in [7, 11) is 1.37. The van der Waals surface area contributed by atoms with Crippen LogP contribution in [0.4, 0.5) is 0 Å². The van der Waals surface area contributed by atoms with Crippen molar-refractivity contribution in [3.05, 3.63) is 24.3 Å². The Labute approximate surface area is 116 Å². The third-order valence-corrected chi connectivity index (χ3v) is 1.65. The highest BCUT2D eigenvalue weighted by Gasteiger charge is 2.04. The molecule has 0 unspecified atom stereocenters. The lowest BCUT2D eigenvalue weighted by Gasteiger charge is -2.09. The predicted octanol–water partition coefficient (Wildman–Crippen LogP) is 3.44. The minimum Gasteiger partial charge on any atom is -0.478 e. The van der Waals surface area contributed by atoms with E-state index in [0.717, 1.165) is 0 Å². The first-order chi connectivity index (χ1) is 8.37. The van der Waals surface area contributed by atoms with E-state index in [1.807, 2.05) is 47.6 Å². The van der Waals surface area contributed by atoms with E-state index in [1.165, 1.54) is 19.3 Å². The maximum absolute atomic E-state index is 10.5. The zero-order valence-corrected chi connectivity index (χ0v) is 13.0. The predicted molar refractivity (Wildman–Crippen MR) is 76.8 cm³/mol. The Hall–Kier alpha value is -1.58. The highest BCUT2D eigenvalue weighted by atomic mass is 16.5. The summed E-state index contributed by atoms with van der Waals surface area (Å²) in [5.41, 5.74) is 0.0204. The molecule has 19 heavy (non-hydrogen) atoms. The van der Waals surface area contributed by atoms with Gasteiger partial charge in [0, 0.05) is 12.2 Å². The average molecular weight is 270 g/mol. The number of rotatable bonds is 2. The Kier molecular flexibility index (Phi) is 8.85. The minimum absolute atomic E-state index is 0.0294. The molecule has 0 aliphatic rings. The molecule has 0 spiro atoms. The molecule has 0 aliphatic carbocycles. The second-order valence-corrected chi connectivity index (χ2v) is 6.26. The molecular weight excluding hydrogens is 244 g/mol. The molecule has 0 fully saturated rings. The monoisotopic (exact) mass is 270 g/mol. The van der Waals surface area contributed by atoms with E-state index in [1.54, 1.807) is 6.08 Å². The van der Waals surface area contributed by atoms with E-state index in [4.69, 9.17) is 5.11 Å². The zero-order valence-electron chi connectivity index (χ0n) is 13.0. The van der Waals surface area contributed by atoms with E-state index in [-0.39, 0.29) is 16.8 Å². The first kappa shape index (κ1) is 19.8. The molecule has 0 aliphatic heterocycles. The number of ether oxygens (including phenoxy) is 1. The lowest BCUT2D eigenvalue weighted by molar-refractivity contribution is -0.135. The molecule has 0 saturated carbocycles. The van der Waals surface area contributed by atoms with Gasteiger partial charge in [-0.15, -0.1) is 0 Å². The third-order valence-electron chi connectivity index (χ3n) is 1.65. The van der Waals surface area contributed by atoms with Gasteiger partial charge < -0.3 is 9.84 Å². The van der Waals surface area contributed by atoms with Crippen molar-refractivity contribution < 1.29 is 19.4 Å². The van der Waals surface area contributed by atoms with Crippen LogP contribution in [0.1, 0.15) is 41.5 Å². The zero-order chi connectivity index (χ0) is 15.7. The number of hydrogen-bond acceptors (Lipinski definition) is 3. The molecule has 110 valence electrons. The molecule has 0 bridgehead atoms. The summed E-state index contributed by atoms with van der Waals surface area (Å²) in [4.78, 5) is 20.5. The van der Waals surface area contributed by atoms with Crippen LogP contribution in [0.2, 0.25) is 0 Å². The van der Waals surface area contributed by atoms with Gasteiger partial charge in [-0.05, 0) is 10.8 Å². The van der Waals surface area contributed by atoms with Gasteiger partial charge in [-0.2, -0.15) is 0 Å². The Morgan fingerprint density at radius 1 is 0.895 bits per heavy atom. The number of allylic oxidation sites excluding steroid dienone is 2. The lowest BCUT2D eigenvalue weighted by atomic mass is 9.96. The van der Waals surface area contributed by atoms with Crippen molar-refractivity contribution in [3.63, 3.8) is 0 Å². The van der Waals surface area contributed by atoms with Gasteiger partial charge in [0.1, 0.15) is 0 Å². The first-order valence-electron chi connectivity index (χ1n) is 6.07. The molecule has 0 atom stereocenters. The van der Waals surface area contributed by atoms with Crippen LogP contribution < -0.4 is 0 Å². The molecule has 0 amide bonds. The van der Waals surface area contributed by atoms with Gasteiger partial charge in [-0.25, -0.2) is 9.59 Å². The molecular formula is C15H26O4. The van der Waals surface area contributed by atoms with Gasteiger partial charge in [0.15, 0.2) is 0 Å². The molecule has 0 aromatic heterocycles. The quantitative estimate of drug-likeness (QED) is 0.616. The van der Waals surface area contributed by atoms with Crippen molar-refractivity contribution in [1.82, 2.24) is 0 Å². The second kappa shape index (κ2) is 8.51. The topological polar surface area (TPSA) is 63.6 Å². The Balaban J connectivity index is 0. The fourth-order valence-corrected chi connectivity index (χ4v) is 0.707. The summed E-state index contributed by atoms with van der Waals surface area (Å²) in [6, 6.07) is 0. The molecule has 0 radical (unpaired) electrons. The van der Waals surface area contributed by atoms with E-state index < -0.39 is 5.97 Å². The maximum Gasteiger partial charge on any atom is 0.330 e. The number of aliphatic carboxylic acids is 1. The van der Waals surface area contributed by atoms with E-state index >= 15 is 0 Å². The fraction of sp³-hybridized carbons (Fsp3) is 0.600. The molecule has 0 heterocycles. The van der Waals surface area contributed by atoms with Crippen LogP contribution in [0.3, 0.4) is 0 Å². The summed E-state index contributed by atoms with van der Waals surface area (Å²) >= 11 is 0. The number of carboxylic acid groups (broad SMARTS) is 1. The van der Waals surface area contributed by atoms with Crippen molar-refractivity contribution in [2.24, 2.45) is 10.8 Å². The van der Waals surface area contributed by atoms with Crippen molar-refractivity contribution in [2.45, 2.75) is 41.5 Å². The molecule has 0 aromatic rings. The van der Waals surface area contributed by atoms with Gasteiger partial charge >= 0.3 is 11.9 Å².